The molecule has 2 aliphatic rings. The number of ether oxygens (including phenoxy) is 1. The van der Waals surface area contributed by atoms with Crippen molar-refractivity contribution in [3.8, 4) is 11.4 Å². The second-order valence-electron chi connectivity index (χ2n) is 7.39. The Bertz CT molecular complexity index is 780. The lowest BCUT2D eigenvalue weighted by atomic mass is 9.87. The van der Waals surface area contributed by atoms with E-state index < -0.39 is 0 Å². The molecule has 0 spiro atoms. The zero-order chi connectivity index (χ0) is 18.8. The number of amides is 1. The lowest BCUT2D eigenvalue weighted by Gasteiger charge is -2.35. The average Bonchev–Trinajstić information content (AvgIpc) is 3.36. The maximum atomic E-state index is 12.8. The Morgan fingerprint density at radius 1 is 1.22 bits per heavy atom. The molecule has 7 heteroatoms. The van der Waals surface area contributed by atoms with Gasteiger partial charge in [0, 0.05) is 43.4 Å². The van der Waals surface area contributed by atoms with Gasteiger partial charge < -0.3 is 15.4 Å². The lowest BCUT2D eigenvalue weighted by molar-refractivity contribution is 0.0242. The van der Waals surface area contributed by atoms with Gasteiger partial charge in [-0.25, -0.2) is 9.67 Å². The zero-order valence-corrected chi connectivity index (χ0v) is 15.8. The van der Waals surface area contributed by atoms with E-state index in [0.717, 1.165) is 56.9 Å². The Balaban J connectivity index is 1.39. The van der Waals surface area contributed by atoms with Crippen molar-refractivity contribution in [2.45, 2.75) is 44.9 Å². The van der Waals surface area contributed by atoms with Crippen molar-refractivity contribution in [3.63, 3.8) is 0 Å². The van der Waals surface area contributed by atoms with Gasteiger partial charge in [-0.2, -0.15) is 5.10 Å². The highest BCUT2D eigenvalue weighted by atomic mass is 16.5. The summed E-state index contributed by atoms with van der Waals surface area (Å²) in [5.74, 6) is 1.38. The first-order valence-electron chi connectivity index (χ1n) is 9.82. The van der Waals surface area contributed by atoms with E-state index in [1.54, 1.807) is 6.33 Å². The molecule has 27 heavy (non-hydrogen) atoms. The normalized spacial score (nSPS) is 23.7. The van der Waals surface area contributed by atoms with Crippen LogP contribution in [0.1, 0.15) is 36.5 Å². The molecule has 2 fully saturated rings. The lowest BCUT2D eigenvalue weighted by Crippen LogP contribution is -2.45. The van der Waals surface area contributed by atoms with E-state index in [2.05, 4.69) is 10.1 Å². The first kappa shape index (κ1) is 18.1. The van der Waals surface area contributed by atoms with Crippen molar-refractivity contribution in [3.05, 3.63) is 36.2 Å². The number of nitrogens with two attached hydrogens (primary N) is 1. The number of carbonyl (C=O) groups is 1. The predicted octanol–water partition coefficient (Wildman–Crippen LogP) is 1.93. The van der Waals surface area contributed by atoms with E-state index in [1.807, 2.05) is 40.8 Å². The molecular formula is C20H27N5O2. The van der Waals surface area contributed by atoms with E-state index in [4.69, 9.17) is 10.5 Å². The van der Waals surface area contributed by atoms with E-state index in [-0.39, 0.29) is 18.1 Å². The molecule has 0 saturated carbocycles. The van der Waals surface area contributed by atoms with E-state index >= 15 is 0 Å². The minimum atomic E-state index is 0.0913. The fourth-order valence-electron chi connectivity index (χ4n) is 4.21. The molecule has 2 saturated heterocycles. The van der Waals surface area contributed by atoms with Crippen LogP contribution in [0.15, 0.2) is 30.6 Å². The zero-order valence-electron chi connectivity index (χ0n) is 15.8. The summed E-state index contributed by atoms with van der Waals surface area (Å²) in [5.41, 5.74) is 7.84. The van der Waals surface area contributed by atoms with Crippen LogP contribution in [0.3, 0.4) is 0 Å². The quantitative estimate of drug-likeness (QED) is 0.890. The van der Waals surface area contributed by atoms with Crippen LogP contribution in [-0.2, 0) is 11.3 Å². The molecule has 3 heterocycles. The summed E-state index contributed by atoms with van der Waals surface area (Å²) >= 11 is 0. The van der Waals surface area contributed by atoms with Gasteiger partial charge in [0.2, 0.25) is 0 Å². The van der Waals surface area contributed by atoms with Crippen LogP contribution in [0.5, 0.6) is 0 Å². The first-order chi connectivity index (χ1) is 13.2. The first-order valence-corrected chi connectivity index (χ1v) is 9.82. The summed E-state index contributed by atoms with van der Waals surface area (Å²) in [5, 5.41) is 4.20. The molecule has 0 aliphatic carbocycles. The Morgan fingerprint density at radius 3 is 2.59 bits per heavy atom. The van der Waals surface area contributed by atoms with Gasteiger partial charge >= 0.3 is 0 Å². The standard InChI is InChI=1S/C20H27N5O2/c1-2-25-19(22-13-23-25)15-3-5-16(6-4-15)20(26)24-10-7-14(8-11-24)18-17(21)9-12-27-18/h3-6,13-14,17-18H,2,7-12,21H2,1H3/t17-,18+/m1/s1. The summed E-state index contributed by atoms with van der Waals surface area (Å²) in [4.78, 5) is 19.1. The minimum absolute atomic E-state index is 0.0913. The monoisotopic (exact) mass is 369 g/mol. The molecule has 2 atom stereocenters. The van der Waals surface area contributed by atoms with E-state index in [9.17, 15) is 4.79 Å². The number of rotatable bonds is 4. The Hall–Kier alpha value is -2.25. The number of likely N-dealkylation sites (tertiary alicyclic amines) is 1. The topological polar surface area (TPSA) is 86.3 Å². The van der Waals surface area contributed by atoms with Gasteiger partial charge in [0.05, 0.1) is 6.10 Å². The van der Waals surface area contributed by atoms with Crippen LogP contribution >= 0.6 is 0 Å². The van der Waals surface area contributed by atoms with Crippen molar-refractivity contribution in [1.29, 1.82) is 0 Å². The molecule has 144 valence electrons. The van der Waals surface area contributed by atoms with Gasteiger partial charge in [-0.3, -0.25) is 4.79 Å². The second-order valence-corrected chi connectivity index (χ2v) is 7.39. The summed E-state index contributed by atoms with van der Waals surface area (Å²) in [6.45, 7) is 5.09. The molecule has 2 aromatic rings. The summed E-state index contributed by atoms with van der Waals surface area (Å²) in [6, 6.07) is 7.81. The number of hydrogen-bond acceptors (Lipinski definition) is 5. The largest absolute Gasteiger partial charge is 0.376 e. The summed E-state index contributed by atoms with van der Waals surface area (Å²) in [6.07, 6.45) is 4.59. The molecule has 0 bridgehead atoms. The van der Waals surface area contributed by atoms with Crippen molar-refractivity contribution < 1.29 is 9.53 Å². The number of aromatic nitrogens is 3. The third-order valence-corrected chi connectivity index (χ3v) is 5.78. The maximum absolute atomic E-state index is 12.8. The van der Waals surface area contributed by atoms with Crippen molar-refractivity contribution in [1.82, 2.24) is 19.7 Å². The number of aryl methyl sites for hydroxylation is 1. The number of carbonyl (C=O) groups excluding carboxylic acids is 1. The van der Waals surface area contributed by atoms with Gasteiger partial charge in [-0.05, 0) is 44.2 Å². The van der Waals surface area contributed by atoms with Crippen LogP contribution in [0.25, 0.3) is 11.4 Å². The number of hydrogen-bond donors (Lipinski definition) is 1. The second kappa shape index (κ2) is 7.78. The number of nitrogens with zero attached hydrogens (tertiary/aromatic N) is 4. The fraction of sp³-hybridized carbons (Fsp3) is 0.550. The molecule has 0 unspecified atom stereocenters. The predicted molar refractivity (Wildman–Crippen MR) is 102 cm³/mol. The molecule has 4 rings (SSSR count). The highest BCUT2D eigenvalue weighted by Gasteiger charge is 2.35. The van der Waals surface area contributed by atoms with Gasteiger partial charge in [0.25, 0.3) is 5.91 Å². The molecule has 1 amide bonds. The fourth-order valence-corrected chi connectivity index (χ4v) is 4.21. The van der Waals surface area contributed by atoms with Crippen LogP contribution < -0.4 is 5.73 Å². The van der Waals surface area contributed by atoms with Crippen molar-refractivity contribution >= 4 is 5.91 Å². The van der Waals surface area contributed by atoms with E-state index in [1.165, 1.54) is 0 Å². The Morgan fingerprint density at radius 2 is 1.96 bits per heavy atom. The molecule has 1 aromatic heterocycles. The van der Waals surface area contributed by atoms with Gasteiger partial charge in [-0.15, -0.1) is 0 Å². The molecule has 1 aromatic carbocycles. The smallest absolute Gasteiger partial charge is 0.253 e. The van der Waals surface area contributed by atoms with Gasteiger partial charge in [0.1, 0.15) is 6.33 Å². The summed E-state index contributed by atoms with van der Waals surface area (Å²) in [7, 11) is 0. The van der Waals surface area contributed by atoms with Crippen molar-refractivity contribution in [2.75, 3.05) is 19.7 Å². The van der Waals surface area contributed by atoms with Gasteiger partial charge in [0.15, 0.2) is 5.82 Å². The molecular weight excluding hydrogens is 342 g/mol. The number of piperidine rings is 1. The summed E-state index contributed by atoms with van der Waals surface area (Å²) < 4.78 is 7.66. The highest BCUT2D eigenvalue weighted by Crippen LogP contribution is 2.29. The number of benzene rings is 1. The molecule has 2 aliphatic heterocycles. The Labute approximate surface area is 159 Å². The van der Waals surface area contributed by atoms with Crippen molar-refractivity contribution in [2.24, 2.45) is 11.7 Å². The van der Waals surface area contributed by atoms with Gasteiger partial charge in [-0.1, -0.05) is 12.1 Å². The molecule has 7 nitrogen and oxygen atoms in total. The van der Waals surface area contributed by atoms with Crippen LogP contribution in [0.2, 0.25) is 0 Å². The Kier molecular flexibility index (Phi) is 5.22. The van der Waals surface area contributed by atoms with Crippen LogP contribution in [-0.4, -0.2) is 57.4 Å². The third-order valence-electron chi connectivity index (χ3n) is 5.78. The third kappa shape index (κ3) is 3.61. The highest BCUT2D eigenvalue weighted by molar-refractivity contribution is 5.94. The minimum Gasteiger partial charge on any atom is -0.376 e. The maximum Gasteiger partial charge on any atom is 0.253 e. The molecule has 2 N–H and O–H groups in total. The van der Waals surface area contributed by atoms with Crippen LogP contribution in [0.4, 0.5) is 0 Å². The van der Waals surface area contributed by atoms with Crippen LogP contribution in [0, 0.1) is 5.92 Å². The van der Waals surface area contributed by atoms with E-state index in [0.29, 0.717) is 11.5 Å². The SMILES string of the molecule is CCn1ncnc1-c1ccc(C(=O)N2CCC([C@@H]3OCC[C@H]3N)CC2)cc1. The molecule has 0 radical (unpaired) electrons. The average molecular weight is 369 g/mol.